The molecule has 0 atom stereocenters. The van der Waals surface area contributed by atoms with Crippen LogP contribution >= 0.6 is 15.9 Å². The van der Waals surface area contributed by atoms with Crippen molar-refractivity contribution in [3.63, 3.8) is 0 Å². The Bertz CT molecular complexity index is 581. The van der Waals surface area contributed by atoms with Crippen LogP contribution in [0.25, 0.3) is 10.8 Å². The van der Waals surface area contributed by atoms with Gasteiger partial charge in [-0.05, 0) is 23.6 Å². The van der Waals surface area contributed by atoms with Gasteiger partial charge in [0.25, 0.3) is 0 Å². The average molecular weight is 310 g/mol. The van der Waals surface area contributed by atoms with Gasteiger partial charge in [-0.25, -0.2) is 4.39 Å². The van der Waals surface area contributed by atoms with E-state index in [1.807, 2.05) is 35.2 Å². The number of hydrogen-bond donors (Lipinski definition) is 0. The first-order chi connectivity index (χ1) is 8.75. The Morgan fingerprint density at radius 1 is 1.11 bits per heavy atom. The molecular weight excluding hydrogens is 297 g/mol. The van der Waals surface area contributed by atoms with Crippen LogP contribution in [-0.2, 0) is 4.74 Å². The van der Waals surface area contributed by atoms with Gasteiger partial charge < -0.3 is 9.64 Å². The summed E-state index contributed by atoms with van der Waals surface area (Å²) in [6, 6.07) is 9.44. The van der Waals surface area contributed by atoms with Crippen LogP contribution in [0.1, 0.15) is 0 Å². The minimum absolute atomic E-state index is 0.137. The summed E-state index contributed by atoms with van der Waals surface area (Å²) in [5, 5.41) is 1.58. The lowest BCUT2D eigenvalue weighted by Crippen LogP contribution is -2.36. The van der Waals surface area contributed by atoms with Gasteiger partial charge in [-0.2, -0.15) is 0 Å². The predicted molar refractivity (Wildman–Crippen MR) is 74.6 cm³/mol. The molecule has 1 saturated heterocycles. The normalized spacial score (nSPS) is 16.2. The summed E-state index contributed by atoms with van der Waals surface area (Å²) in [5.74, 6) is -0.137. The smallest absolute Gasteiger partial charge is 0.154 e. The van der Waals surface area contributed by atoms with Crippen molar-refractivity contribution in [2.45, 2.75) is 0 Å². The van der Waals surface area contributed by atoms with E-state index in [0.29, 0.717) is 24.3 Å². The molecule has 18 heavy (non-hydrogen) atoms. The Labute approximate surface area is 113 Å². The highest BCUT2D eigenvalue weighted by molar-refractivity contribution is 9.10. The Balaban J connectivity index is 2.08. The van der Waals surface area contributed by atoms with Gasteiger partial charge in [-0.1, -0.05) is 28.1 Å². The topological polar surface area (TPSA) is 12.5 Å². The van der Waals surface area contributed by atoms with Crippen molar-refractivity contribution in [3.8, 4) is 0 Å². The molecule has 0 radical (unpaired) electrons. The molecule has 0 spiro atoms. The SMILES string of the molecule is Fc1c(N2CCOCC2)ccc2cc(Br)ccc12. The van der Waals surface area contributed by atoms with E-state index < -0.39 is 0 Å². The van der Waals surface area contributed by atoms with Gasteiger partial charge in [0.2, 0.25) is 0 Å². The van der Waals surface area contributed by atoms with Crippen LogP contribution in [0.15, 0.2) is 34.8 Å². The molecule has 4 heteroatoms. The number of hydrogen-bond acceptors (Lipinski definition) is 2. The minimum Gasteiger partial charge on any atom is -0.378 e. The quantitative estimate of drug-likeness (QED) is 0.798. The first kappa shape index (κ1) is 11.9. The summed E-state index contributed by atoms with van der Waals surface area (Å²) < 4.78 is 20.7. The van der Waals surface area contributed by atoms with E-state index >= 15 is 0 Å². The molecule has 2 aromatic carbocycles. The van der Waals surface area contributed by atoms with Gasteiger partial charge in [0.1, 0.15) is 0 Å². The van der Waals surface area contributed by atoms with E-state index in [2.05, 4.69) is 15.9 Å². The zero-order chi connectivity index (χ0) is 12.5. The lowest BCUT2D eigenvalue weighted by atomic mass is 10.1. The second-order valence-corrected chi connectivity index (χ2v) is 5.28. The number of fused-ring (bicyclic) bond motifs is 1. The number of benzene rings is 2. The van der Waals surface area contributed by atoms with Crippen molar-refractivity contribution in [1.29, 1.82) is 0 Å². The lowest BCUT2D eigenvalue weighted by molar-refractivity contribution is 0.122. The fraction of sp³-hybridized carbons (Fsp3) is 0.286. The van der Waals surface area contributed by atoms with E-state index in [4.69, 9.17) is 4.74 Å². The molecule has 94 valence electrons. The fourth-order valence-electron chi connectivity index (χ4n) is 2.30. The van der Waals surface area contributed by atoms with Crippen LogP contribution in [0.2, 0.25) is 0 Å². The van der Waals surface area contributed by atoms with Crippen molar-refractivity contribution in [2.24, 2.45) is 0 Å². The number of morpholine rings is 1. The molecule has 2 aromatic rings. The van der Waals surface area contributed by atoms with Gasteiger partial charge >= 0.3 is 0 Å². The van der Waals surface area contributed by atoms with Gasteiger partial charge in [-0.15, -0.1) is 0 Å². The van der Waals surface area contributed by atoms with Crippen molar-refractivity contribution < 1.29 is 9.13 Å². The fourth-order valence-corrected chi connectivity index (χ4v) is 2.68. The van der Waals surface area contributed by atoms with E-state index in [1.165, 1.54) is 0 Å². The van der Waals surface area contributed by atoms with Crippen LogP contribution in [-0.4, -0.2) is 26.3 Å². The molecule has 0 N–H and O–H groups in total. The molecule has 0 aromatic heterocycles. The second kappa shape index (κ2) is 4.86. The second-order valence-electron chi connectivity index (χ2n) is 4.36. The summed E-state index contributed by atoms with van der Waals surface area (Å²) in [4.78, 5) is 2.04. The maximum atomic E-state index is 14.5. The third kappa shape index (κ3) is 2.10. The lowest BCUT2D eigenvalue weighted by Gasteiger charge is -2.29. The van der Waals surface area contributed by atoms with Crippen LogP contribution in [0, 0.1) is 5.82 Å². The molecular formula is C14H13BrFNO. The third-order valence-electron chi connectivity index (χ3n) is 3.25. The van der Waals surface area contributed by atoms with Crippen LogP contribution in [0.5, 0.6) is 0 Å². The molecule has 1 aliphatic rings. The molecule has 0 unspecified atom stereocenters. The van der Waals surface area contributed by atoms with Gasteiger partial charge in [0.15, 0.2) is 5.82 Å². The van der Waals surface area contributed by atoms with Crippen molar-refractivity contribution >= 4 is 32.4 Å². The van der Waals surface area contributed by atoms with Gasteiger partial charge in [-0.3, -0.25) is 0 Å². The number of nitrogens with zero attached hydrogens (tertiary/aromatic N) is 1. The van der Waals surface area contributed by atoms with Crippen LogP contribution < -0.4 is 4.90 Å². The Morgan fingerprint density at radius 3 is 2.67 bits per heavy atom. The standard InChI is InChI=1S/C14H13BrFNO/c15-11-2-3-12-10(9-11)1-4-13(14(12)16)17-5-7-18-8-6-17/h1-4,9H,5-8H2. The predicted octanol–water partition coefficient (Wildman–Crippen LogP) is 3.58. The van der Waals surface area contributed by atoms with Gasteiger partial charge in [0, 0.05) is 22.9 Å². The van der Waals surface area contributed by atoms with E-state index in [1.54, 1.807) is 0 Å². The summed E-state index contributed by atoms with van der Waals surface area (Å²) in [6.07, 6.45) is 0. The number of anilines is 1. The molecule has 0 aliphatic carbocycles. The highest BCUT2D eigenvalue weighted by atomic mass is 79.9. The Hall–Kier alpha value is -1.13. The van der Waals surface area contributed by atoms with Crippen molar-refractivity contribution in [2.75, 3.05) is 31.2 Å². The molecule has 0 bridgehead atoms. The Morgan fingerprint density at radius 2 is 1.89 bits per heavy atom. The Kier molecular flexibility index (Phi) is 3.22. The number of rotatable bonds is 1. The molecule has 1 heterocycles. The molecule has 2 nitrogen and oxygen atoms in total. The molecule has 1 aliphatic heterocycles. The molecule has 1 fully saturated rings. The van der Waals surface area contributed by atoms with E-state index in [-0.39, 0.29) is 5.82 Å². The van der Waals surface area contributed by atoms with E-state index in [0.717, 1.165) is 22.9 Å². The summed E-state index contributed by atoms with van der Waals surface area (Å²) in [7, 11) is 0. The highest BCUT2D eigenvalue weighted by Crippen LogP contribution is 2.29. The molecule has 0 saturated carbocycles. The summed E-state index contributed by atoms with van der Waals surface area (Å²) in [5.41, 5.74) is 0.674. The average Bonchev–Trinajstić information content (AvgIpc) is 2.40. The van der Waals surface area contributed by atoms with Crippen LogP contribution in [0.3, 0.4) is 0 Å². The maximum absolute atomic E-state index is 14.5. The third-order valence-corrected chi connectivity index (χ3v) is 3.74. The highest BCUT2D eigenvalue weighted by Gasteiger charge is 2.16. The monoisotopic (exact) mass is 309 g/mol. The molecule has 3 rings (SSSR count). The summed E-state index contributed by atoms with van der Waals surface area (Å²) >= 11 is 3.40. The van der Waals surface area contributed by atoms with Crippen LogP contribution in [0.4, 0.5) is 10.1 Å². The zero-order valence-electron chi connectivity index (χ0n) is 9.83. The number of halogens is 2. The van der Waals surface area contributed by atoms with E-state index in [9.17, 15) is 4.39 Å². The van der Waals surface area contributed by atoms with Gasteiger partial charge in [0.05, 0.1) is 18.9 Å². The molecule has 0 amide bonds. The minimum atomic E-state index is -0.137. The van der Waals surface area contributed by atoms with Crippen molar-refractivity contribution in [1.82, 2.24) is 0 Å². The zero-order valence-corrected chi connectivity index (χ0v) is 11.4. The first-order valence-electron chi connectivity index (χ1n) is 5.96. The largest absolute Gasteiger partial charge is 0.378 e. The summed E-state index contributed by atoms with van der Waals surface area (Å²) in [6.45, 7) is 2.83. The number of ether oxygens (including phenoxy) is 1. The maximum Gasteiger partial charge on any atom is 0.154 e. The van der Waals surface area contributed by atoms with Crippen molar-refractivity contribution in [3.05, 3.63) is 40.6 Å². The first-order valence-corrected chi connectivity index (χ1v) is 6.75.